The van der Waals surface area contributed by atoms with E-state index >= 15 is 0 Å². The normalized spacial score (nSPS) is 18.2. The summed E-state index contributed by atoms with van der Waals surface area (Å²) in [6.07, 6.45) is 0.324. The Labute approximate surface area is 128 Å². The van der Waals surface area contributed by atoms with Crippen molar-refractivity contribution in [3.63, 3.8) is 0 Å². The van der Waals surface area contributed by atoms with Crippen LogP contribution in [0, 0.1) is 11.7 Å². The molecule has 3 rings (SSSR count). The van der Waals surface area contributed by atoms with E-state index in [1.165, 1.54) is 16.5 Å². The molecular weight excluding hydrogens is 285 g/mol. The third-order valence-corrected chi connectivity index (χ3v) is 5.22. The number of benzene rings is 1. The highest BCUT2D eigenvalue weighted by atomic mass is 32.1. The maximum atomic E-state index is 13.8. The van der Waals surface area contributed by atoms with E-state index in [0.717, 1.165) is 26.1 Å². The smallest absolute Gasteiger partial charge is 0.129 e. The first-order valence-corrected chi connectivity index (χ1v) is 8.23. The van der Waals surface area contributed by atoms with Gasteiger partial charge < -0.3 is 5.11 Å². The molecule has 0 saturated carbocycles. The lowest BCUT2D eigenvalue weighted by Crippen LogP contribution is -2.35. The minimum atomic E-state index is -0.755. The first kappa shape index (κ1) is 14.7. The fourth-order valence-electron chi connectivity index (χ4n) is 2.99. The van der Waals surface area contributed by atoms with Gasteiger partial charge in [0.25, 0.3) is 0 Å². The Kier molecular flexibility index (Phi) is 4.38. The fraction of sp³-hybridized carbons (Fsp3) is 0.412. The molecule has 2 nitrogen and oxygen atoms in total. The minimum Gasteiger partial charge on any atom is -0.388 e. The Balaban J connectivity index is 1.64. The molecule has 0 bridgehead atoms. The third kappa shape index (κ3) is 3.18. The van der Waals surface area contributed by atoms with Crippen LogP contribution in [0.2, 0.25) is 0 Å². The lowest BCUT2D eigenvalue weighted by atomic mass is 9.95. The van der Waals surface area contributed by atoms with E-state index < -0.39 is 6.10 Å². The van der Waals surface area contributed by atoms with Crippen LogP contribution in [0.25, 0.3) is 0 Å². The van der Waals surface area contributed by atoms with Crippen molar-refractivity contribution in [2.45, 2.75) is 26.0 Å². The number of nitrogens with zero attached hydrogens (tertiary/aromatic N) is 1. The van der Waals surface area contributed by atoms with Crippen LogP contribution in [-0.4, -0.2) is 23.1 Å². The maximum Gasteiger partial charge on any atom is 0.129 e. The van der Waals surface area contributed by atoms with Crippen molar-refractivity contribution in [1.29, 1.82) is 0 Å². The molecule has 1 N–H and O–H groups in total. The van der Waals surface area contributed by atoms with Crippen LogP contribution in [0.15, 0.2) is 35.7 Å². The van der Waals surface area contributed by atoms with Gasteiger partial charge in [0.2, 0.25) is 0 Å². The van der Waals surface area contributed by atoms with Gasteiger partial charge in [-0.2, -0.15) is 0 Å². The highest BCUT2D eigenvalue weighted by Gasteiger charge is 2.24. The number of halogens is 1. The van der Waals surface area contributed by atoms with Crippen LogP contribution in [0.3, 0.4) is 0 Å². The van der Waals surface area contributed by atoms with Gasteiger partial charge in [0.05, 0.1) is 6.10 Å². The Morgan fingerprint density at radius 3 is 2.95 bits per heavy atom. The summed E-state index contributed by atoms with van der Waals surface area (Å²) in [4.78, 5) is 3.83. The second kappa shape index (κ2) is 6.26. The topological polar surface area (TPSA) is 23.5 Å². The largest absolute Gasteiger partial charge is 0.388 e. The zero-order valence-electron chi connectivity index (χ0n) is 12.1. The number of aliphatic hydroxyl groups is 1. The van der Waals surface area contributed by atoms with E-state index in [1.54, 1.807) is 18.2 Å². The van der Waals surface area contributed by atoms with Crippen LogP contribution in [0.1, 0.15) is 29.0 Å². The minimum absolute atomic E-state index is 0.00193. The predicted octanol–water partition coefficient (Wildman–Crippen LogP) is 3.62. The van der Waals surface area contributed by atoms with E-state index in [1.807, 2.05) is 18.3 Å². The molecule has 0 radical (unpaired) electrons. The quantitative estimate of drug-likeness (QED) is 0.932. The lowest BCUT2D eigenvalue weighted by molar-refractivity contribution is 0.0815. The van der Waals surface area contributed by atoms with Gasteiger partial charge in [-0.1, -0.05) is 25.1 Å². The predicted molar refractivity (Wildman–Crippen MR) is 83.8 cm³/mol. The first-order valence-electron chi connectivity index (χ1n) is 7.35. The number of hydrogen-bond donors (Lipinski definition) is 1. The number of aliphatic hydroxyl groups excluding tert-OH is 1. The zero-order chi connectivity index (χ0) is 14.8. The average Bonchev–Trinajstić information content (AvgIpc) is 2.94. The molecule has 112 valence electrons. The first-order chi connectivity index (χ1) is 10.1. The summed E-state index contributed by atoms with van der Waals surface area (Å²) in [5.41, 5.74) is 1.80. The SMILES string of the molecule is CC(CN1CCc2sccc2C1)C(O)c1ccccc1F. The molecule has 0 amide bonds. The number of rotatable bonds is 4. The average molecular weight is 305 g/mol. The van der Waals surface area contributed by atoms with Crippen LogP contribution in [0.5, 0.6) is 0 Å². The van der Waals surface area contributed by atoms with Gasteiger partial charge in [-0.3, -0.25) is 4.90 Å². The van der Waals surface area contributed by atoms with E-state index in [9.17, 15) is 9.50 Å². The number of fused-ring (bicyclic) bond motifs is 1. The van der Waals surface area contributed by atoms with Crippen LogP contribution < -0.4 is 0 Å². The Hall–Kier alpha value is -1.23. The standard InChI is InChI=1S/C17H20FNOS/c1-12(17(20)14-4-2-3-5-15(14)18)10-19-8-6-16-13(11-19)7-9-21-16/h2-5,7,9,12,17,20H,6,8,10-11H2,1H3. The third-order valence-electron chi connectivity index (χ3n) is 4.20. The van der Waals surface area contributed by atoms with Crippen molar-refractivity contribution in [3.05, 3.63) is 57.5 Å². The van der Waals surface area contributed by atoms with Gasteiger partial charge in [-0.15, -0.1) is 11.3 Å². The molecule has 21 heavy (non-hydrogen) atoms. The number of hydrogen-bond acceptors (Lipinski definition) is 3. The summed E-state index contributed by atoms with van der Waals surface area (Å²) in [5, 5.41) is 12.5. The molecule has 2 heterocycles. The molecular formula is C17H20FNOS. The van der Waals surface area contributed by atoms with Crippen LogP contribution in [-0.2, 0) is 13.0 Å². The molecule has 1 aliphatic rings. The van der Waals surface area contributed by atoms with Gasteiger partial charge in [-0.05, 0) is 35.4 Å². The Morgan fingerprint density at radius 2 is 2.14 bits per heavy atom. The molecule has 1 aliphatic heterocycles. The number of thiophene rings is 1. The van der Waals surface area contributed by atoms with Crippen molar-refractivity contribution < 1.29 is 9.50 Å². The van der Waals surface area contributed by atoms with Crippen molar-refractivity contribution in [2.75, 3.05) is 13.1 Å². The van der Waals surface area contributed by atoms with E-state index in [4.69, 9.17) is 0 Å². The van der Waals surface area contributed by atoms with Crippen molar-refractivity contribution in [1.82, 2.24) is 4.90 Å². The Morgan fingerprint density at radius 1 is 1.33 bits per heavy atom. The van der Waals surface area contributed by atoms with Gasteiger partial charge in [-0.25, -0.2) is 4.39 Å². The molecule has 2 unspecified atom stereocenters. The maximum absolute atomic E-state index is 13.8. The molecule has 2 aromatic rings. The van der Waals surface area contributed by atoms with Crippen molar-refractivity contribution >= 4 is 11.3 Å². The summed E-state index contributed by atoms with van der Waals surface area (Å²) in [5.74, 6) is -0.322. The molecule has 2 atom stereocenters. The van der Waals surface area contributed by atoms with Crippen molar-refractivity contribution in [3.8, 4) is 0 Å². The Bertz CT molecular complexity index is 612. The van der Waals surface area contributed by atoms with Crippen LogP contribution >= 0.6 is 11.3 Å². The molecule has 0 fully saturated rings. The van der Waals surface area contributed by atoms with Gasteiger partial charge in [0.1, 0.15) is 5.82 Å². The molecule has 1 aromatic carbocycles. The van der Waals surface area contributed by atoms with Gasteiger partial charge in [0.15, 0.2) is 0 Å². The van der Waals surface area contributed by atoms with Gasteiger partial charge >= 0.3 is 0 Å². The second-order valence-electron chi connectivity index (χ2n) is 5.80. The lowest BCUT2D eigenvalue weighted by Gasteiger charge is -2.31. The summed E-state index contributed by atoms with van der Waals surface area (Å²) in [6, 6.07) is 8.68. The van der Waals surface area contributed by atoms with Gasteiger partial charge in [0, 0.05) is 30.1 Å². The molecule has 0 aliphatic carbocycles. The van der Waals surface area contributed by atoms with E-state index in [0.29, 0.717) is 5.56 Å². The van der Waals surface area contributed by atoms with E-state index in [-0.39, 0.29) is 11.7 Å². The summed E-state index contributed by atoms with van der Waals surface area (Å²) in [7, 11) is 0. The second-order valence-corrected chi connectivity index (χ2v) is 6.80. The van der Waals surface area contributed by atoms with E-state index in [2.05, 4.69) is 16.3 Å². The zero-order valence-corrected chi connectivity index (χ0v) is 12.9. The summed E-state index contributed by atoms with van der Waals surface area (Å²) in [6.45, 7) is 4.72. The highest BCUT2D eigenvalue weighted by molar-refractivity contribution is 7.10. The fourth-order valence-corrected chi connectivity index (χ4v) is 3.88. The molecule has 4 heteroatoms. The summed E-state index contributed by atoms with van der Waals surface area (Å²) < 4.78 is 13.8. The highest BCUT2D eigenvalue weighted by Crippen LogP contribution is 2.28. The molecule has 0 saturated heterocycles. The molecule has 1 aromatic heterocycles. The molecule has 0 spiro atoms. The summed E-state index contributed by atoms with van der Waals surface area (Å²) >= 11 is 1.83. The van der Waals surface area contributed by atoms with Crippen LogP contribution in [0.4, 0.5) is 4.39 Å². The van der Waals surface area contributed by atoms with Crippen molar-refractivity contribution in [2.24, 2.45) is 5.92 Å². The monoisotopic (exact) mass is 305 g/mol.